The Morgan fingerprint density at radius 3 is 1.55 bits per heavy atom. The molecule has 1 aliphatic rings. The fourth-order valence-electron chi connectivity index (χ4n) is 1.41. The fraction of sp³-hybridized carbons (Fsp3) is 0.625. The monoisotopic (exact) mass is 300 g/mol. The highest BCUT2D eigenvalue weighted by Crippen LogP contribution is 2.17. The van der Waals surface area contributed by atoms with Crippen LogP contribution in [0.15, 0.2) is 30.3 Å². The highest BCUT2D eigenvalue weighted by molar-refractivity contribution is 7.18. The molecule has 0 aromatic heterocycles. The molecule has 118 valence electrons. The van der Waals surface area contributed by atoms with E-state index in [0.29, 0.717) is 0 Å². The van der Waals surface area contributed by atoms with Gasteiger partial charge in [-0.25, -0.2) is 0 Å². The first kappa shape index (κ1) is 21.8. The van der Waals surface area contributed by atoms with Crippen molar-refractivity contribution in [1.29, 1.82) is 0 Å². The van der Waals surface area contributed by atoms with Crippen LogP contribution in [0.25, 0.3) is 0 Å². The van der Waals surface area contributed by atoms with Crippen LogP contribution in [0, 0.1) is 0 Å². The molecule has 1 aliphatic heterocycles. The van der Waals surface area contributed by atoms with Crippen molar-refractivity contribution in [1.82, 2.24) is 0 Å². The van der Waals surface area contributed by atoms with Crippen molar-refractivity contribution >= 4 is 9.24 Å². The van der Waals surface area contributed by atoms with Gasteiger partial charge < -0.3 is 16.2 Å². The molecule has 0 saturated carbocycles. The van der Waals surface area contributed by atoms with Gasteiger partial charge in [-0.2, -0.15) is 0 Å². The number of hydrogen-bond donors (Lipinski definition) is 2. The van der Waals surface area contributed by atoms with Crippen LogP contribution in [0.4, 0.5) is 0 Å². The van der Waals surface area contributed by atoms with Gasteiger partial charge in [-0.3, -0.25) is 0 Å². The maximum Gasteiger partial charge on any atom is 0.104 e. The largest absolute Gasteiger partial charge is 0.381 e. The normalized spacial score (nSPS) is 13.6. The molecule has 0 amide bonds. The molecular weight excluding hydrogens is 267 g/mol. The van der Waals surface area contributed by atoms with Gasteiger partial charge in [0.05, 0.1) is 0 Å². The molecule has 0 bridgehead atoms. The lowest BCUT2D eigenvalue weighted by Gasteiger charge is -2.18. The van der Waals surface area contributed by atoms with E-state index in [0.717, 1.165) is 18.8 Å². The van der Waals surface area contributed by atoms with E-state index in [2.05, 4.69) is 9.24 Å². The van der Waals surface area contributed by atoms with E-state index >= 15 is 0 Å². The van der Waals surface area contributed by atoms with Gasteiger partial charge in [0.15, 0.2) is 0 Å². The van der Waals surface area contributed by atoms with Crippen molar-refractivity contribution in [2.24, 2.45) is 11.5 Å². The maximum atomic E-state index is 5.60. The van der Waals surface area contributed by atoms with Crippen LogP contribution in [-0.4, -0.2) is 13.2 Å². The molecule has 0 aliphatic carbocycles. The molecule has 1 unspecified atom stereocenters. The van der Waals surface area contributed by atoms with Gasteiger partial charge in [0.25, 0.3) is 0 Å². The average molecular weight is 300 g/mol. The first-order valence-corrected chi connectivity index (χ1v) is 8.18. The Labute approximate surface area is 127 Å². The quantitative estimate of drug-likeness (QED) is 0.612. The summed E-state index contributed by atoms with van der Waals surface area (Å²) in [6.45, 7) is 10.0. The van der Waals surface area contributed by atoms with Crippen molar-refractivity contribution in [2.45, 2.75) is 52.4 Å². The molecule has 0 radical (unpaired) electrons. The third kappa shape index (κ3) is 12.6. The highest BCUT2D eigenvalue weighted by Gasteiger charge is 2.12. The number of rotatable bonds is 1. The van der Waals surface area contributed by atoms with Gasteiger partial charge in [-0.15, -0.1) is 0 Å². The second kappa shape index (κ2) is 14.9. The van der Waals surface area contributed by atoms with Gasteiger partial charge in [-0.05, 0) is 24.8 Å². The topological polar surface area (TPSA) is 61.3 Å². The zero-order valence-electron chi connectivity index (χ0n) is 13.6. The Balaban J connectivity index is 0. The Bertz CT molecular complexity index is 271. The first-order valence-electron chi connectivity index (χ1n) is 7.60. The summed E-state index contributed by atoms with van der Waals surface area (Å²) in [6.07, 6.45) is 3.93. The van der Waals surface area contributed by atoms with Crippen LogP contribution >= 0.6 is 9.24 Å². The second-order valence-electron chi connectivity index (χ2n) is 3.97. The zero-order chi connectivity index (χ0) is 15.9. The van der Waals surface area contributed by atoms with Crippen LogP contribution < -0.4 is 11.5 Å². The second-order valence-corrected chi connectivity index (χ2v) is 4.93. The molecule has 1 atom stereocenters. The lowest BCUT2D eigenvalue weighted by molar-refractivity contribution is 0.0968. The first-order chi connectivity index (χ1) is 9.61. The average Bonchev–Trinajstić information content (AvgIpc) is 2.54. The van der Waals surface area contributed by atoms with Crippen molar-refractivity contribution in [2.75, 3.05) is 13.2 Å². The summed E-state index contributed by atoms with van der Waals surface area (Å²) in [7, 11) is 2.39. The minimum atomic E-state index is -0.790. The zero-order valence-corrected chi connectivity index (χ0v) is 14.7. The van der Waals surface area contributed by atoms with Gasteiger partial charge in [0.1, 0.15) is 5.40 Å². The number of nitrogens with two attached hydrogens (primary N) is 2. The van der Waals surface area contributed by atoms with Crippen molar-refractivity contribution in [3.05, 3.63) is 35.9 Å². The summed E-state index contributed by atoms with van der Waals surface area (Å²) in [5.41, 5.74) is 12.1. The Hall–Kier alpha value is -0.470. The van der Waals surface area contributed by atoms with E-state index in [1.165, 1.54) is 19.3 Å². The Morgan fingerprint density at radius 2 is 1.35 bits per heavy atom. The predicted octanol–water partition coefficient (Wildman–Crippen LogP) is 3.83. The molecule has 1 aromatic carbocycles. The van der Waals surface area contributed by atoms with Crippen LogP contribution in [0.3, 0.4) is 0 Å². The summed E-state index contributed by atoms with van der Waals surface area (Å²) >= 11 is 0. The van der Waals surface area contributed by atoms with E-state index in [9.17, 15) is 0 Å². The number of ether oxygens (including phenoxy) is 1. The lowest BCUT2D eigenvalue weighted by Crippen LogP contribution is -2.39. The van der Waals surface area contributed by atoms with Crippen LogP contribution in [-0.2, 0) is 10.1 Å². The predicted molar refractivity (Wildman–Crippen MR) is 93.6 cm³/mol. The molecular formula is C16H33N2OP. The third-order valence-corrected chi connectivity index (χ3v) is 2.68. The van der Waals surface area contributed by atoms with E-state index in [1.807, 2.05) is 58.0 Å². The van der Waals surface area contributed by atoms with Crippen LogP contribution in [0.2, 0.25) is 0 Å². The van der Waals surface area contributed by atoms with Gasteiger partial charge in [0.2, 0.25) is 0 Å². The molecule has 1 aromatic rings. The highest BCUT2D eigenvalue weighted by atomic mass is 31.0. The molecule has 4 N–H and O–H groups in total. The van der Waals surface area contributed by atoms with E-state index < -0.39 is 5.40 Å². The van der Waals surface area contributed by atoms with Crippen LogP contribution in [0.1, 0.15) is 52.5 Å². The SMILES string of the molecule is C1CCOCC1.CC.CC.NC(N)(P)c1ccccc1. The Morgan fingerprint density at radius 1 is 0.900 bits per heavy atom. The van der Waals surface area contributed by atoms with E-state index in [4.69, 9.17) is 16.2 Å². The molecule has 3 nitrogen and oxygen atoms in total. The number of benzene rings is 1. The summed E-state index contributed by atoms with van der Waals surface area (Å²) in [5, 5.41) is -0.790. The summed E-state index contributed by atoms with van der Waals surface area (Å²) in [4.78, 5) is 0. The van der Waals surface area contributed by atoms with Crippen molar-refractivity contribution < 1.29 is 4.74 Å². The molecule has 1 fully saturated rings. The van der Waals surface area contributed by atoms with Gasteiger partial charge in [0, 0.05) is 13.2 Å². The maximum absolute atomic E-state index is 5.60. The minimum absolute atomic E-state index is 0.790. The van der Waals surface area contributed by atoms with E-state index in [-0.39, 0.29) is 0 Å². The van der Waals surface area contributed by atoms with E-state index in [1.54, 1.807) is 0 Å². The smallest absolute Gasteiger partial charge is 0.104 e. The number of hydrogen-bond acceptors (Lipinski definition) is 3. The lowest BCUT2D eigenvalue weighted by atomic mass is 10.2. The van der Waals surface area contributed by atoms with Crippen molar-refractivity contribution in [3.8, 4) is 0 Å². The third-order valence-electron chi connectivity index (χ3n) is 2.35. The summed E-state index contributed by atoms with van der Waals surface area (Å²) < 4.78 is 5.07. The minimum Gasteiger partial charge on any atom is -0.381 e. The van der Waals surface area contributed by atoms with Gasteiger partial charge in [-0.1, -0.05) is 67.3 Å². The molecule has 1 heterocycles. The van der Waals surface area contributed by atoms with Gasteiger partial charge >= 0.3 is 0 Å². The molecule has 0 spiro atoms. The summed E-state index contributed by atoms with van der Waals surface area (Å²) in [5.74, 6) is 0. The summed E-state index contributed by atoms with van der Waals surface area (Å²) in [6, 6.07) is 9.54. The molecule has 2 rings (SSSR count). The fourth-order valence-corrected chi connectivity index (χ4v) is 1.61. The molecule has 1 saturated heterocycles. The Kier molecular flexibility index (Phi) is 16.3. The standard InChI is InChI=1S/C7H11N2P.C5H10O.2C2H6/c8-7(9,10)6-4-2-1-3-5-6;1-2-4-6-5-3-1;2*1-2/h1-5H,8-10H2;1-5H2;2*1-2H3. The van der Waals surface area contributed by atoms with Crippen molar-refractivity contribution in [3.63, 3.8) is 0 Å². The molecule has 4 heteroatoms. The van der Waals surface area contributed by atoms with Crippen LogP contribution in [0.5, 0.6) is 0 Å². The molecule has 20 heavy (non-hydrogen) atoms.